The van der Waals surface area contributed by atoms with Crippen molar-refractivity contribution < 1.29 is 9.52 Å². The minimum Gasteiger partial charge on any atom is -0.422 e. The van der Waals surface area contributed by atoms with Gasteiger partial charge in [-0.15, -0.1) is 0 Å². The summed E-state index contributed by atoms with van der Waals surface area (Å²) in [6.45, 7) is 3.13. The Kier molecular flexibility index (Phi) is 2.12. The molecule has 0 aliphatic carbocycles. The zero-order valence-electron chi connectivity index (χ0n) is 8.65. The predicted octanol–water partition coefficient (Wildman–Crippen LogP) is 2.02. The summed E-state index contributed by atoms with van der Waals surface area (Å²) in [5.74, 6) is 0. The van der Waals surface area contributed by atoms with Crippen molar-refractivity contribution in [1.29, 1.82) is 0 Å². The Labute approximate surface area is 87.0 Å². The van der Waals surface area contributed by atoms with Crippen LogP contribution in [0.5, 0.6) is 0 Å². The molecule has 2 rings (SSSR count). The predicted molar refractivity (Wildman–Crippen MR) is 57.7 cm³/mol. The quantitative estimate of drug-likeness (QED) is 0.723. The fourth-order valence-corrected chi connectivity index (χ4v) is 1.49. The molecule has 0 atom stereocenters. The van der Waals surface area contributed by atoms with Crippen molar-refractivity contribution in [2.75, 3.05) is 0 Å². The van der Waals surface area contributed by atoms with E-state index >= 15 is 0 Å². The molecule has 0 fully saturated rings. The van der Waals surface area contributed by atoms with Crippen molar-refractivity contribution in [3.63, 3.8) is 0 Å². The number of aliphatic hydroxyl groups is 1. The van der Waals surface area contributed by atoms with Crippen LogP contribution in [0.15, 0.2) is 39.5 Å². The molecule has 3 heteroatoms. The van der Waals surface area contributed by atoms with E-state index in [4.69, 9.17) is 4.42 Å². The van der Waals surface area contributed by atoms with Gasteiger partial charge in [0.2, 0.25) is 0 Å². The minimum atomic E-state index is -1.18. The number of rotatable bonds is 1. The Balaban J connectivity index is 2.79. The van der Waals surface area contributed by atoms with Gasteiger partial charge in [-0.05, 0) is 26.0 Å². The Morgan fingerprint density at radius 3 is 2.60 bits per heavy atom. The molecule has 0 saturated carbocycles. The van der Waals surface area contributed by atoms with Crippen LogP contribution in [0.2, 0.25) is 0 Å². The average Bonchev–Trinajstić information content (AvgIpc) is 2.15. The van der Waals surface area contributed by atoms with Gasteiger partial charge in [0.05, 0.1) is 11.2 Å². The summed E-state index contributed by atoms with van der Waals surface area (Å²) in [5, 5.41) is 10.6. The molecule has 0 amide bonds. The fourth-order valence-electron chi connectivity index (χ4n) is 1.49. The van der Waals surface area contributed by atoms with Crippen LogP contribution >= 0.6 is 0 Å². The first-order valence-corrected chi connectivity index (χ1v) is 4.74. The van der Waals surface area contributed by atoms with Gasteiger partial charge in [-0.25, -0.2) is 4.79 Å². The van der Waals surface area contributed by atoms with Crippen molar-refractivity contribution in [2.45, 2.75) is 19.4 Å². The molecule has 15 heavy (non-hydrogen) atoms. The molecule has 1 N–H and O–H groups in total. The van der Waals surface area contributed by atoms with Gasteiger partial charge < -0.3 is 9.52 Å². The van der Waals surface area contributed by atoms with Gasteiger partial charge in [0.25, 0.3) is 0 Å². The Morgan fingerprint density at radius 1 is 1.27 bits per heavy atom. The Morgan fingerprint density at radius 2 is 1.93 bits per heavy atom. The second-order valence-corrected chi connectivity index (χ2v) is 4.04. The van der Waals surface area contributed by atoms with Crippen LogP contribution < -0.4 is 5.63 Å². The first-order chi connectivity index (χ1) is 6.98. The molecule has 0 bridgehead atoms. The molecule has 0 aliphatic rings. The number of fused-ring (bicyclic) bond motifs is 1. The third-order valence-electron chi connectivity index (χ3n) is 2.30. The van der Waals surface area contributed by atoms with Crippen LogP contribution in [0.25, 0.3) is 11.0 Å². The highest BCUT2D eigenvalue weighted by atomic mass is 16.4. The third kappa shape index (κ3) is 1.78. The number of hydrogen-bond donors (Lipinski definition) is 1. The van der Waals surface area contributed by atoms with Crippen LogP contribution in [0.4, 0.5) is 0 Å². The molecule has 1 aromatic heterocycles. The van der Waals surface area contributed by atoms with Crippen LogP contribution in [0, 0.1) is 0 Å². The monoisotopic (exact) mass is 204 g/mol. The lowest BCUT2D eigenvalue weighted by Gasteiger charge is -2.15. The van der Waals surface area contributed by atoms with Gasteiger partial charge in [0.15, 0.2) is 0 Å². The molecule has 3 nitrogen and oxygen atoms in total. The highest BCUT2D eigenvalue weighted by Crippen LogP contribution is 2.20. The van der Waals surface area contributed by atoms with Crippen molar-refractivity contribution in [2.24, 2.45) is 0 Å². The molecule has 1 aromatic carbocycles. The highest BCUT2D eigenvalue weighted by Gasteiger charge is 2.21. The molecule has 0 aliphatic heterocycles. The van der Waals surface area contributed by atoms with Crippen molar-refractivity contribution in [3.8, 4) is 0 Å². The van der Waals surface area contributed by atoms with Crippen LogP contribution in [-0.2, 0) is 5.60 Å². The van der Waals surface area contributed by atoms with Crippen LogP contribution in [0.1, 0.15) is 19.4 Å². The summed E-state index contributed by atoms with van der Waals surface area (Å²) >= 11 is 0. The maximum absolute atomic E-state index is 11.6. The lowest BCUT2D eigenvalue weighted by molar-refractivity contribution is 0.0751. The number of para-hydroxylation sites is 1. The van der Waals surface area contributed by atoms with Gasteiger partial charge >= 0.3 is 5.63 Å². The number of hydrogen-bond acceptors (Lipinski definition) is 3. The molecule has 2 aromatic rings. The summed E-state index contributed by atoms with van der Waals surface area (Å²) in [4.78, 5) is 11.6. The summed E-state index contributed by atoms with van der Waals surface area (Å²) < 4.78 is 5.10. The lowest BCUT2D eigenvalue weighted by Crippen LogP contribution is -2.24. The standard InChI is InChI=1S/C12H12O3/c1-12(2,14)9-7-8-5-3-4-6-10(8)15-11(9)13/h3-7,14H,1-2H3. The molecule has 1 heterocycles. The SMILES string of the molecule is CC(C)(O)c1cc2ccccc2oc1=O. The maximum Gasteiger partial charge on any atom is 0.342 e. The Hall–Kier alpha value is -1.61. The van der Waals surface area contributed by atoms with E-state index < -0.39 is 11.2 Å². The normalized spacial score (nSPS) is 11.9. The zero-order valence-corrected chi connectivity index (χ0v) is 8.65. The summed E-state index contributed by atoms with van der Waals surface area (Å²) in [6.07, 6.45) is 0. The summed E-state index contributed by atoms with van der Waals surface area (Å²) in [5.41, 5.74) is -0.845. The van der Waals surface area contributed by atoms with E-state index in [1.165, 1.54) is 0 Å². The van der Waals surface area contributed by atoms with Crippen LogP contribution in [-0.4, -0.2) is 5.11 Å². The Bertz CT molecular complexity index is 547. The van der Waals surface area contributed by atoms with E-state index in [1.807, 2.05) is 12.1 Å². The van der Waals surface area contributed by atoms with Crippen molar-refractivity contribution in [1.82, 2.24) is 0 Å². The minimum absolute atomic E-state index is 0.279. The number of benzene rings is 1. The largest absolute Gasteiger partial charge is 0.422 e. The van der Waals surface area contributed by atoms with Gasteiger partial charge in [0.1, 0.15) is 5.58 Å². The molecular weight excluding hydrogens is 192 g/mol. The van der Waals surface area contributed by atoms with E-state index in [2.05, 4.69) is 0 Å². The summed E-state index contributed by atoms with van der Waals surface area (Å²) in [6, 6.07) is 8.89. The lowest BCUT2D eigenvalue weighted by atomic mass is 9.99. The van der Waals surface area contributed by atoms with E-state index in [9.17, 15) is 9.90 Å². The first-order valence-electron chi connectivity index (χ1n) is 4.74. The van der Waals surface area contributed by atoms with Gasteiger partial charge in [-0.2, -0.15) is 0 Å². The third-order valence-corrected chi connectivity index (χ3v) is 2.30. The zero-order chi connectivity index (χ0) is 11.1. The van der Waals surface area contributed by atoms with Crippen LogP contribution in [0.3, 0.4) is 0 Å². The summed E-state index contributed by atoms with van der Waals surface area (Å²) in [7, 11) is 0. The molecular formula is C12H12O3. The van der Waals surface area contributed by atoms with Crippen molar-refractivity contribution >= 4 is 11.0 Å². The maximum atomic E-state index is 11.6. The molecule has 0 saturated heterocycles. The highest BCUT2D eigenvalue weighted by molar-refractivity contribution is 5.76. The van der Waals surface area contributed by atoms with E-state index in [0.717, 1.165) is 5.39 Å². The second kappa shape index (κ2) is 3.21. The second-order valence-electron chi connectivity index (χ2n) is 4.04. The first kappa shape index (κ1) is 9.93. The van der Waals surface area contributed by atoms with E-state index in [1.54, 1.807) is 32.0 Å². The fraction of sp³-hybridized carbons (Fsp3) is 0.250. The van der Waals surface area contributed by atoms with Crippen molar-refractivity contribution in [3.05, 3.63) is 46.3 Å². The molecule has 0 radical (unpaired) electrons. The topological polar surface area (TPSA) is 50.4 Å². The molecule has 0 spiro atoms. The van der Waals surface area contributed by atoms with Gasteiger partial charge in [0, 0.05) is 5.39 Å². The van der Waals surface area contributed by atoms with Gasteiger partial charge in [-0.1, -0.05) is 18.2 Å². The van der Waals surface area contributed by atoms with E-state index in [-0.39, 0.29) is 5.56 Å². The average molecular weight is 204 g/mol. The van der Waals surface area contributed by atoms with E-state index in [0.29, 0.717) is 5.58 Å². The van der Waals surface area contributed by atoms with Gasteiger partial charge in [-0.3, -0.25) is 0 Å². The molecule has 78 valence electrons. The smallest absolute Gasteiger partial charge is 0.342 e. The molecule has 0 unspecified atom stereocenters.